The van der Waals surface area contributed by atoms with Crippen molar-refractivity contribution < 1.29 is 9.59 Å². The molecule has 2 amide bonds. The highest BCUT2D eigenvalue weighted by atomic mass is 16.2. The summed E-state index contributed by atoms with van der Waals surface area (Å²) in [6.45, 7) is 5.64. The fourth-order valence-corrected chi connectivity index (χ4v) is 3.35. The van der Waals surface area contributed by atoms with Crippen LogP contribution in [0.15, 0.2) is 24.3 Å². The van der Waals surface area contributed by atoms with Crippen molar-refractivity contribution in [1.29, 1.82) is 0 Å². The lowest BCUT2D eigenvalue weighted by Crippen LogP contribution is -2.51. The second-order valence-electron chi connectivity index (χ2n) is 7.60. The van der Waals surface area contributed by atoms with Gasteiger partial charge in [0.15, 0.2) is 0 Å². The highest BCUT2D eigenvalue weighted by Crippen LogP contribution is 2.18. The van der Waals surface area contributed by atoms with Gasteiger partial charge in [0.25, 0.3) is 0 Å². The molecule has 1 N–H and O–H groups in total. The lowest BCUT2D eigenvalue weighted by Gasteiger charge is -2.34. The summed E-state index contributed by atoms with van der Waals surface area (Å²) in [4.78, 5) is 28.5. The van der Waals surface area contributed by atoms with Crippen molar-refractivity contribution in [2.45, 2.75) is 51.5 Å². The van der Waals surface area contributed by atoms with Gasteiger partial charge in [-0.2, -0.15) is 0 Å². The van der Waals surface area contributed by atoms with E-state index in [1.54, 1.807) is 0 Å². The minimum Gasteiger partial charge on any atom is -0.352 e. The Morgan fingerprint density at radius 3 is 2.31 bits per heavy atom. The molecule has 1 heterocycles. The molecule has 5 heteroatoms. The minimum atomic E-state index is 0.121. The Morgan fingerprint density at radius 2 is 1.69 bits per heavy atom. The van der Waals surface area contributed by atoms with Crippen molar-refractivity contribution in [2.24, 2.45) is 0 Å². The maximum absolute atomic E-state index is 12.5. The van der Waals surface area contributed by atoms with Gasteiger partial charge in [0.05, 0.1) is 13.0 Å². The summed E-state index contributed by atoms with van der Waals surface area (Å²) >= 11 is 0. The first kappa shape index (κ1) is 18.9. The molecule has 1 saturated carbocycles. The van der Waals surface area contributed by atoms with Crippen LogP contribution >= 0.6 is 0 Å². The first-order valence-corrected chi connectivity index (χ1v) is 10.0. The van der Waals surface area contributed by atoms with Gasteiger partial charge in [-0.1, -0.05) is 37.6 Å². The van der Waals surface area contributed by atoms with E-state index in [1.165, 1.54) is 18.4 Å². The Hall–Kier alpha value is -1.88. The topological polar surface area (TPSA) is 52.7 Å². The number of hydrogen-bond donors (Lipinski definition) is 1. The third kappa shape index (κ3) is 5.84. The second kappa shape index (κ2) is 9.17. The Labute approximate surface area is 156 Å². The van der Waals surface area contributed by atoms with Gasteiger partial charge in [-0.3, -0.25) is 14.5 Å². The van der Waals surface area contributed by atoms with Gasteiger partial charge in [0.1, 0.15) is 0 Å². The van der Waals surface area contributed by atoms with Gasteiger partial charge in [0, 0.05) is 32.2 Å². The van der Waals surface area contributed by atoms with E-state index in [1.807, 2.05) is 4.90 Å². The Bertz CT molecular complexity index is 602. The van der Waals surface area contributed by atoms with Gasteiger partial charge in [-0.25, -0.2) is 0 Å². The standard InChI is InChI=1S/C21H31N3O2/c1-2-3-4-17-5-7-18(8-6-17)15-21(26)24-13-11-23(12-14-24)16-20(25)22-19-9-10-19/h5-8,19H,2-4,9-16H2,1H3,(H,22,25). The van der Waals surface area contributed by atoms with Crippen molar-refractivity contribution >= 4 is 11.8 Å². The van der Waals surface area contributed by atoms with Crippen LogP contribution < -0.4 is 5.32 Å². The van der Waals surface area contributed by atoms with Crippen molar-refractivity contribution in [3.05, 3.63) is 35.4 Å². The molecule has 1 aromatic carbocycles. The van der Waals surface area contributed by atoms with E-state index < -0.39 is 0 Å². The fourth-order valence-electron chi connectivity index (χ4n) is 3.35. The van der Waals surface area contributed by atoms with Crippen LogP contribution in [0.1, 0.15) is 43.7 Å². The van der Waals surface area contributed by atoms with Gasteiger partial charge < -0.3 is 10.2 Å². The number of unbranched alkanes of at least 4 members (excludes halogenated alkanes) is 1. The zero-order chi connectivity index (χ0) is 18.4. The third-order valence-corrected chi connectivity index (χ3v) is 5.23. The number of piperazine rings is 1. The summed E-state index contributed by atoms with van der Waals surface area (Å²) in [5.41, 5.74) is 2.43. The van der Waals surface area contributed by atoms with Crippen LogP contribution in [0.2, 0.25) is 0 Å². The van der Waals surface area contributed by atoms with E-state index in [4.69, 9.17) is 0 Å². The summed E-state index contributed by atoms with van der Waals surface area (Å²) in [7, 11) is 0. The Balaban J connectivity index is 1.39. The monoisotopic (exact) mass is 357 g/mol. The fraction of sp³-hybridized carbons (Fsp3) is 0.619. The van der Waals surface area contributed by atoms with Gasteiger partial charge in [0.2, 0.25) is 11.8 Å². The molecule has 142 valence electrons. The predicted molar refractivity (Wildman–Crippen MR) is 103 cm³/mol. The maximum atomic E-state index is 12.5. The molecule has 0 atom stereocenters. The molecule has 2 aliphatic rings. The van der Waals surface area contributed by atoms with Crippen molar-refractivity contribution in [2.75, 3.05) is 32.7 Å². The van der Waals surface area contributed by atoms with Crippen LogP contribution in [0.3, 0.4) is 0 Å². The molecular formula is C21H31N3O2. The molecule has 0 bridgehead atoms. The van der Waals surface area contributed by atoms with Gasteiger partial charge in [-0.05, 0) is 36.8 Å². The highest BCUT2D eigenvalue weighted by Gasteiger charge is 2.26. The lowest BCUT2D eigenvalue weighted by atomic mass is 10.0. The number of amides is 2. The van der Waals surface area contributed by atoms with E-state index in [0.717, 1.165) is 37.9 Å². The second-order valence-corrected chi connectivity index (χ2v) is 7.60. The quantitative estimate of drug-likeness (QED) is 0.774. The molecule has 0 unspecified atom stereocenters. The number of aryl methyl sites for hydroxylation is 1. The van der Waals surface area contributed by atoms with Crippen molar-refractivity contribution in [3.63, 3.8) is 0 Å². The number of carbonyl (C=O) groups is 2. The predicted octanol–water partition coefficient (Wildman–Crippen LogP) is 1.99. The normalized spacial score (nSPS) is 18.0. The SMILES string of the molecule is CCCCc1ccc(CC(=O)N2CCN(CC(=O)NC3CC3)CC2)cc1. The number of nitrogens with zero attached hydrogens (tertiary/aromatic N) is 2. The Kier molecular flexibility index (Phi) is 6.67. The number of hydrogen-bond acceptors (Lipinski definition) is 3. The summed E-state index contributed by atoms with van der Waals surface area (Å²) in [5, 5.41) is 3.02. The zero-order valence-corrected chi connectivity index (χ0v) is 15.9. The molecule has 1 saturated heterocycles. The van der Waals surface area contributed by atoms with E-state index in [9.17, 15) is 9.59 Å². The van der Waals surface area contributed by atoms with Crippen LogP contribution in [0.25, 0.3) is 0 Å². The average Bonchev–Trinajstić information content (AvgIpc) is 3.45. The van der Waals surface area contributed by atoms with Gasteiger partial charge in [-0.15, -0.1) is 0 Å². The van der Waals surface area contributed by atoms with E-state index in [2.05, 4.69) is 41.4 Å². The largest absolute Gasteiger partial charge is 0.352 e. The number of rotatable bonds is 8. The lowest BCUT2D eigenvalue weighted by molar-refractivity contribution is -0.132. The Morgan fingerprint density at radius 1 is 1.04 bits per heavy atom. The van der Waals surface area contributed by atoms with Crippen molar-refractivity contribution in [1.82, 2.24) is 15.1 Å². The molecule has 1 aromatic rings. The van der Waals surface area contributed by atoms with Crippen molar-refractivity contribution in [3.8, 4) is 0 Å². The van der Waals surface area contributed by atoms with Gasteiger partial charge >= 0.3 is 0 Å². The molecular weight excluding hydrogens is 326 g/mol. The third-order valence-electron chi connectivity index (χ3n) is 5.23. The molecule has 0 aromatic heterocycles. The zero-order valence-electron chi connectivity index (χ0n) is 15.9. The first-order chi connectivity index (χ1) is 12.6. The number of benzene rings is 1. The summed E-state index contributed by atoms with van der Waals surface area (Å²) in [5.74, 6) is 0.309. The first-order valence-electron chi connectivity index (χ1n) is 10.0. The molecule has 2 fully saturated rings. The summed E-state index contributed by atoms with van der Waals surface area (Å²) in [6.07, 6.45) is 6.23. The highest BCUT2D eigenvalue weighted by molar-refractivity contribution is 5.79. The van der Waals surface area contributed by atoms with E-state index in [0.29, 0.717) is 32.1 Å². The number of carbonyl (C=O) groups excluding carboxylic acids is 2. The van der Waals surface area contributed by atoms with E-state index >= 15 is 0 Å². The molecule has 1 aliphatic carbocycles. The van der Waals surface area contributed by atoms with Crippen LogP contribution in [0.4, 0.5) is 0 Å². The maximum Gasteiger partial charge on any atom is 0.234 e. The summed E-state index contributed by atoms with van der Waals surface area (Å²) < 4.78 is 0. The molecule has 1 aliphatic heterocycles. The van der Waals surface area contributed by atoms with Crippen LogP contribution in [0, 0.1) is 0 Å². The number of nitrogens with one attached hydrogen (secondary N) is 1. The average molecular weight is 357 g/mol. The van der Waals surface area contributed by atoms with Crippen LogP contribution in [0.5, 0.6) is 0 Å². The molecule has 0 radical (unpaired) electrons. The van der Waals surface area contributed by atoms with Crippen LogP contribution in [-0.2, 0) is 22.4 Å². The smallest absolute Gasteiger partial charge is 0.234 e. The summed E-state index contributed by atoms with van der Waals surface area (Å²) in [6, 6.07) is 8.88. The molecule has 5 nitrogen and oxygen atoms in total. The molecule has 3 rings (SSSR count). The van der Waals surface area contributed by atoms with E-state index in [-0.39, 0.29) is 11.8 Å². The minimum absolute atomic E-state index is 0.121. The van der Waals surface area contributed by atoms with Crippen LogP contribution in [-0.4, -0.2) is 60.4 Å². The molecule has 26 heavy (non-hydrogen) atoms. The molecule has 0 spiro atoms.